The molecule has 0 spiro atoms. The summed E-state index contributed by atoms with van der Waals surface area (Å²) in [6.07, 6.45) is 5.92. The SMILES string of the molecule is CCCN(Cc1nccn1C)S(=O)(=O)c1cc(C)c(-c2ccn[nH]2)cc1C. The van der Waals surface area contributed by atoms with Crippen LogP contribution in [0.15, 0.2) is 41.7 Å². The number of nitrogens with one attached hydrogen (secondary N) is 1. The maximum absolute atomic E-state index is 13.4. The molecule has 27 heavy (non-hydrogen) atoms. The van der Waals surface area contributed by atoms with Crippen molar-refractivity contribution in [2.45, 2.75) is 38.6 Å². The van der Waals surface area contributed by atoms with Gasteiger partial charge in [0.05, 0.1) is 17.1 Å². The van der Waals surface area contributed by atoms with Crippen molar-refractivity contribution < 1.29 is 8.42 Å². The molecule has 7 nitrogen and oxygen atoms in total. The van der Waals surface area contributed by atoms with Crippen LogP contribution in [0.1, 0.15) is 30.3 Å². The maximum atomic E-state index is 13.4. The molecule has 0 bridgehead atoms. The van der Waals surface area contributed by atoms with Crippen molar-refractivity contribution in [1.82, 2.24) is 24.1 Å². The number of hydrogen-bond donors (Lipinski definition) is 1. The Morgan fingerprint density at radius 1 is 1.19 bits per heavy atom. The molecule has 0 atom stereocenters. The fraction of sp³-hybridized carbons (Fsp3) is 0.368. The molecule has 0 fully saturated rings. The number of nitrogens with zero attached hydrogens (tertiary/aromatic N) is 4. The quantitative estimate of drug-likeness (QED) is 0.675. The molecule has 144 valence electrons. The summed E-state index contributed by atoms with van der Waals surface area (Å²) < 4.78 is 30.2. The van der Waals surface area contributed by atoms with E-state index >= 15 is 0 Å². The zero-order chi connectivity index (χ0) is 19.6. The highest BCUT2D eigenvalue weighted by Gasteiger charge is 2.27. The van der Waals surface area contributed by atoms with Crippen LogP contribution in [-0.2, 0) is 23.6 Å². The second-order valence-corrected chi connectivity index (χ2v) is 8.60. The Bertz CT molecular complexity index is 1020. The van der Waals surface area contributed by atoms with Crippen LogP contribution in [0.4, 0.5) is 0 Å². The van der Waals surface area contributed by atoms with Gasteiger partial charge in [0.1, 0.15) is 5.82 Å². The molecule has 1 N–H and O–H groups in total. The molecule has 1 aromatic carbocycles. The number of aromatic nitrogens is 4. The molecule has 0 unspecified atom stereocenters. The number of hydrogen-bond acceptors (Lipinski definition) is 4. The van der Waals surface area contributed by atoms with Crippen LogP contribution in [0.25, 0.3) is 11.3 Å². The van der Waals surface area contributed by atoms with Gasteiger partial charge in [-0.2, -0.15) is 9.40 Å². The molecular formula is C19H25N5O2S. The lowest BCUT2D eigenvalue weighted by Crippen LogP contribution is -2.33. The summed E-state index contributed by atoms with van der Waals surface area (Å²) in [5, 5.41) is 6.92. The predicted molar refractivity (Wildman–Crippen MR) is 105 cm³/mol. The standard InChI is InChI=1S/C19H25N5O2S/c1-5-9-24(13-19-20-8-10-23(19)4)27(25,26)18-12-14(2)16(11-15(18)3)17-6-7-21-22-17/h6-8,10-12H,5,9,13H2,1-4H3,(H,21,22). The summed E-state index contributed by atoms with van der Waals surface area (Å²) in [4.78, 5) is 4.62. The Morgan fingerprint density at radius 3 is 2.56 bits per heavy atom. The van der Waals surface area contributed by atoms with Gasteiger partial charge >= 0.3 is 0 Å². The number of sulfonamides is 1. The van der Waals surface area contributed by atoms with E-state index in [0.717, 1.165) is 29.1 Å². The van der Waals surface area contributed by atoms with Crippen molar-refractivity contribution in [2.75, 3.05) is 6.54 Å². The molecule has 0 aliphatic rings. The third-order valence-corrected chi connectivity index (χ3v) is 6.63. The second-order valence-electron chi connectivity index (χ2n) is 6.70. The van der Waals surface area contributed by atoms with Crippen LogP contribution in [0.5, 0.6) is 0 Å². The van der Waals surface area contributed by atoms with Gasteiger partial charge in [-0.25, -0.2) is 13.4 Å². The fourth-order valence-corrected chi connectivity index (χ4v) is 4.92. The van der Waals surface area contributed by atoms with E-state index in [4.69, 9.17) is 0 Å². The maximum Gasteiger partial charge on any atom is 0.243 e. The van der Waals surface area contributed by atoms with Gasteiger partial charge in [-0.15, -0.1) is 0 Å². The number of aromatic amines is 1. The van der Waals surface area contributed by atoms with E-state index in [1.807, 2.05) is 50.7 Å². The first-order valence-corrected chi connectivity index (χ1v) is 10.4. The van der Waals surface area contributed by atoms with Gasteiger partial charge in [0, 0.05) is 37.7 Å². The first-order chi connectivity index (χ1) is 12.8. The second kappa shape index (κ2) is 7.66. The van der Waals surface area contributed by atoms with Crippen molar-refractivity contribution in [3.8, 4) is 11.3 Å². The Hall–Kier alpha value is -2.45. The number of imidazole rings is 1. The van der Waals surface area contributed by atoms with Crippen molar-refractivity contribution in [3.63, 3.8) is 0 Å². The summed E-state index contributed by atoms with van der Waals surface area (Å²) in [7, 11) is -1.77. The van der Waals surface area contributed by atoms with Gasteiger partial charge in [-0.3, -0.25) is 5.10 Å². The van der Waals surface area contributed by atoms with Crippen LogP contribution in [-0.4, -0.2) is 39.0 Å². The molecule has 8 heteroatoms. The molecule has 0 saturated heterocycles. The molecular weight excluding hydrogens is 362 g/mol. The smallest absolute Gasteiger partial charge is 0.243 e. The summed E-state index contributed by atoms with van der Waals surface area (Å²) in [5.41, 5.74) is 3.43. The van der Waals surface area contributed by atoms with Gasteiger partial charge < -0.3 is 4.57 Å². The van der Waals surface area contributed by atoms with E-state index < -0.39 is 10.0 Å². The third kappa shape index (κ3) is 3.81. The van der Waals surface area contributed by atoms with Crippen LogP contribution in [0.2, 0.25) is 0 Å². The van der Waals surface area contributed by atoms with E-state index in [0.29, 0.717) is 17.0 Å². The number of H-pyrrole nitrogens is 1. The molecule has 0 amide bonds. The lowest BCUT2D eigenvalue weighted by Gasteiger charge is -2.23. The number of aryl methyl sites for hydroxylation is 3. The molecule has 2 heterocycles. The third-order valence-electron chi connectivity index (χ3n) is 4.64. The molecule has 0 aliphatic carbocycles. The van der Waals surface area contributed by atoms with E-state index in [1.54, 1.807) is 18.5 Å². The topological polar surface area (TPSA) is 83.9 Å². The van der Waals surface area contributed by atoms with Crippen molar-refractivity contribution in [2.24, 2.45) is 7.05 Å². The van der Waals surface area contributed by atoms with Crippen LogP contribution >= 0.6 is 0 Å². The lowest BCUT2D eigenvalue weighted by atomic mass is 10.0. The number of rotatable bonds is 7. The van der Waals surface area contributed by atoms with Gasteiger partial charge in [0.15, 0.2) is 0 Å². The lowest BCUT2D eigenvalue weighted by molar-refractivity contribution is 0.392. The molecule has 2 aromatic heterocycles. The van der Waals surface area contributed by atoms with Crippen LogP contribution in [0, 0.1) is 13.8 Å². The largest absolute Gasteiger partial charge is 0.337 e. The zero-order valence-electron chi connectivity index (χ0n) is 16.1. The van der Waals surface area contributed by atoms with Crippen molar-refractivity contribution in [1.29, 1.82) is 0 Å². The monoisotopic (exact) mass is 387 g/mol. The van der Waals surface area contributed by atoms with Gasteiger partial charge in [-0.05, 0) is 49.6 Å². The Balaban J connectivity index is 2.01. The molecule has 3 aromatic rings. The Kier molecular flexibility index (Phi) is 5.48. The van der Waals surface area contributed by atoms with E-state index in [9.17, 15) is 8.42 Å². The Morgan fingerprint density at radius 2 is 1.96 bits per heavy atom. The summed E-state index contributed by atoms with van der Waals surface area (Å²) in [6.45, 7) is 6.41. The highest BCUT2D eigenvalue weighted by Crippen LogP contribution is 2.29. The van der Waals surface area contributed by atoms with E-state index in [2.05, 4.69) is 15.2 Å². The number of benzene rings is 1. The zero-order valence-corrected chi connectivity index (χ0v) is 16.9. The van der Waals surface area contributed by atoms with Crippen molar-refractivity contribution in [3.05, 3.63) is 53.7 Å². The summed E-state index contributed by atoms with van der Waals surface area (Å²) in [6, 6.07) is 5.53. The van der Waals surface area contributed by atoms with Gasteiger partial charge in [-0.1, -0.05) is 6.92 Å². The van der Waals surface area contributed by atoms with Crippen molar-refractivity contribution >= 4 is 10.0 Å². The molecule has 3 rings (SSSR count). The average Bonchev–Trinajstić information content (AvgIpc) is 3.28. The molecule has 0 radical (unpaired) electrons. The first kappa shape index (κ1) is 19.3. The van der Waals surface area contributed by atoms with Crippen LogP contribution < -0.4 is 0 Å². The normalized spacial score (nSPS) is 12.0. The van der Waals surface area contributed by atoms with Gasteiger partial charge in [0.2, 0.25) is 10.0 Å². The molecule has 0 saturated carbocycles. The minimum absolute atomic E-state index is 0.250. The van der Waals surface area contributed by atoms with E-state index in [1.165, 1.54) is 4.31 Å². The average molecular weight is 388 g/mol. The summed E-state index contributed by atoms with van der Waals surface area (Å²) in [5.74, 6) is 0.718. The summed E-state index contributed by atoms with van der Waals surface area (Å²) >= 11 is 0. The fourth-order valence-electron chi connectivity index (χ4n) is 3.14. The van der Waals surface area contributed by atoms with E-state index in [-0.39, 0.29) is 6.54 Å². The Labute approximate surface area is 160 Å². The highest BCUT2D eigenvalue weighted by molar-refractivity contribution is 7.89. The minimum atomic E-state index is -3.64. The minimum Gasteiger partial charge on any atom is -0.337 e. The first-order valence-electron chi connectivity index (χ1n) is 8.92. The molecule has 0 aliphatic heterocycles. The van der Waals surface area contributed by atoms with Crippen LogP contribution in [0.3, 0.4) is 0 Å². The predicted octanol–water partition coefficient (Wildman–Crippen LogP) is 3.03. The van der Waals surface area contributed by atoms with Gasteiger partial charge in [0.25, 0.3) is 0 Å². The highest BCUT2D eigenvalue weighted by atomic mass is 32.2.